The zero-order chi connectivity index (χ0) is 20.1. The molecule has 0 amide bonds. The maximum Gasteiger partial charge on any atom is 0.335 e. The van der Waals surface area contributed by atoms with Gasteiger partial charge >= 0.3 is 5.97 Å². The molecule has 0 bridgehead atoms. The third-order valence-electron chi connectivity index (χ3n) is 5.21. The largest absolute Gasteiger partial charge is 0.478 e. The number of carboxylic acids is 1. The molecule has 4 aromatic carbocycles. The summed E-state index contributed by atoms with van der Waals surface area (Å²) >= 11 is 0. The fourth-order valence-corrected chi connectivity index (χ4v) is 8.02. The lowest BCUT2D eigenvalue weighted by atomic mass is 10.2. The van der Waals surface area contributed by atoms with Gasteiger partial charge in [-0.1, -0.05) is 66.7 Å². The summed E-state index contributed by atoms with van der Waals surface area (Å²) < 4.78 is 0. The minimum absolute atomic E-state index is 0.313. The quantitative estimate of drug-likeness (QED) is 0.471. The first-order chi connectivity index (χ1) is 14.2. The van der Waals surface area contributed by atoms with E-state index >= 15 is 0 Å². The second-order valence-corrected chi connectivity index (χ2v) is 10.5. The van der Waals surface area contributed by atoms with Gasteiger partial charge in [0.05, 0.1) is 11.7 Å². The van der Waals surface area contributed by atoms with E-state index in [-0.39, 0.29) is 0 Å². The second-order valence-electron chi connectivity index (χ2n) is 6.98. The molecule has 1 N–H and O–H groups in total. The van der Waals surface area contributed by atoms with Crippen molar-refractivity contribution in [1.29, 1.82) is 0 Å². The standard InChI is InChI=1S/C26H21O2P/c27-26(28)22-16-18-25(19-17-22)29(23-12-6-2-7-13-23,24-14-8-3-9-15-24)20-21-10-4-1-5-11-21/h1-19H,20H2/p+1. The van der Waals surface area contributed by atoms with Crippen LogP contribution >= 0.6 is 7.26 Å². The SMILES string of the molecule is O=C(O)c1ccc([P+](Cc2ccccc2)(c2ccccc2)c2ccccc2)cc1. The summed E-state index contributed by atoms with van der Waals surface area (Å²) in [5.74, 6) is -0.900. The fraction of sp³-hybridized carbons (Fsp3) is 0.0385. The summed E-state index contributed by atoms with van der Waals surface area (Å²) in [7, 11) is -2.02. The first-order valence-corrected chi connectivity index (χ1v) is 11.5. The zero-order valence-corrected chi connectivity index (χ0v) is 16.9. The Kier molecular flexibility index (Phi) is 5.55. The molecule has 0 unspecified atom stereocenters. The third kappa shape index (κ3) is 3.85. The molecule has 0 saturated heterocycles. The van der Waals surface area contributed by atoms with Crippen LogP contribution in [0.4, 0.5) is 0 Å². The second kappa shape index (κ2) is 8.43. The van der Waals surface area contributed by atoms with Gasteiger partial charge in [-0.05, 0) is 54.1 Å². The topological polar surface area (TPSA) is 37.3 Å². The molecule has 4 rings (SSSR count). The Morgan fingerprint density at radius 1 is 0.586 bits per heavy atom. The van der Waals surface area contributed by atoms with Crippen LogP contribution in [0.2, 0.25) is 0 Å². The summed E-state index contributed by atoms with van der Waals surface area (Å²) in [4.78, 5) is 11.4. The Balaban J connectivity index is 1.98. The van der Waals surface area contributed by atoms with Crippen LogP contribution in [0.3, 0.4) is 0 Å². The van der Waals surface area contributed by atoms with Crippen molar-refractivity contribution in [2.24, 2.45) is 0 Å². The van der Waals surface area contributed by atoms with E-state index in [0.717, 1.165) is 6.16 Å². The molecule has 0 fully saturated rings. The highest BCUT2D eigenvalue weighted by Gasteiger charge is 2.45. The number of carboxylic acid groups (broad SMARTS) is 1. The monoisotopic (exact) mass is 397 g/mol. The molecule has 0 heterocycles. The molecule has 0 aromatic heterocycles. The minimum Gasteiger partial charge on any atom is -0.478 e. The molecule has 142 valence electrons. The van der Waals surface area contributed by atoms with E-state index in [4.69, 9.17) is 0 Å². The Labute approximate surface area is 171 Å². The summed E-state index contributed by atoms with van der Waals surface area (Å²) in [5.41, 5.74) is 1.59. The van der Waals surface area contributed by atoms with Crippen LogP contribution in [0.25, 0.3) is 0 Å². The molecular weight excluding hydrogens is 375 g/mol. The van der Waals surface area contributed by atoms with Gasteiger partial charge in [-0.15, -0.1) is 0 Å². The molecule has 0 saturated carbocycles. The van der Waals surface area contributed by atoms with Crippen molar-refractivity contribution in [3.8, 4) is 0 Å². The number of aromatic carboxylic acids is 1. The molecule has 0 spiro atoms. The normalized spacial score (nSPS) is 11.2. The molecule has 0 aliphatic heterocycles. The minimum atomic E-state index is -2.02. The summed E-state index contributed by atoms with van der Waals surface area (Å²) in [6, 6.07) is 39.2. The van der Waals surface area contributed by atoms with Crippen molar-refractivity contribution < 1.29 is 9.90 Å². The van der Waals surface area contributed by atoms with Crippen molar-refractivity contribution in [2.45, 2.75) is 6.16 Å². The van der Waals surface area contributed by atoms with Gasteiger partial charge in [0.2, 0.25) is 0 Å². The van der Waals surface area contributed by atoms with Gasteiger partial charge in [0.25, 0.3) is 0 Å². The molecule has 0 atom stereocenters. The average molecular weight is 397 g/mol. The van der Waals surface area contributed by atoms with Crippen molar-refractivity contribution in [2.75, 3.05) is 0 Å². The lowest BCUT2D eigenvalue weighted by Gasteiger charge is -2.28. The molecule has 0 aliphatic rings. The van der Waals surface area contributed by atoms with E-state index in [2.05, 4.69) is 72.8 Å². The molecular formula is C26H22O2P+. The van der Waals surface area contributed by atoms with E-state index in [9.17, 15) is 9.90 Å². The van der Waals surface area contributed by atoms with Gasteiger partial charge in [-0.2, -0.15) is 0 Å². The zero-order valence-electron chi connectivity index (χ0n) is 16.0. The van der Waals surface area contributed by atoms with Gasteiger partial charge in [0.15, 0.2) is 0 Å². The Hall–Kier alpha value is -3.22. The molecule has 2 nitrogen and oxygen atoms in total. The molecule has 3 heteroatoms. The van der Waals surface area contributed by atoms with E-state index in [1.54, 1.807) is 12.1 Å². The molecule has 0 radical (unpaired) electrons. The fourth-order valence-electron chi connectivity index (χ4n) is 3.80. The summed E-state index contributed by atoms with van der Waals surface area (Å²) in [6.07, 6.45) is 0.883. The highest BCUT2D eigenvalue weighted by atomic mass is 31.2. The van der Waals surface area contributed by atoms with Gasteiger partial charge in [0.1, 0.15) is 23.2 Å². The predicted octanol–water partition coefficient (Wildman–Crippen LogP) is 4.88. The molecule has 29 heavy (non-hydrogen) atoms. The number of benzene rings is 4. The summed E-state index contributed by atoms with van der Waals surface area (Å²) in [6.45, 7) is 0. The van der Waals surface area contributed by atoms with Gasteiger partial charge < -0.3 is 5.11 Å². The van der Waals surface area contributed by atoms with Crippen LogP contribution < -0.4 is 15.9 Å². The molecule has 0 aliphatic carbocycles. The van der Waals surface area contributed by atoms with Crippen molar-refractivity contribution in [3.63, 3.8) is 0 Å². The summed E-state index contributed by atoms with van der Waals surface area (Å²) in [5, 5.41) is 13.1. The van der Waals surface area contributed by atoms with E-state index in [1.807, 2.05) is 30.3 Å². The van der Waals surface area contributed by atoms with Gasteiger partial charge in [-0.3, -0.25) is 0 Å². The van der Waals surface area contributed by atoms with Crippen LogP contribution in [0.15, 0.2) is 115 Å². The Bertz CT molecular complexity index is 1040. The third-order valence-corrected chi connectivity index (χ3v) is 9.59. The van der Waals surface area contributed by atoms with E-state index in [0.29, 0.717) is 5.56 Å². The number of hydrogen-bond acceptors (Lipinski definition) is 1. The average Bonchev–Trinajstić information content (AvgIpc) is 2.79. The van der Waals surface area contributed by atoms with Crippen molar-refractivity contribution in [1.82, 2.24) is 0 Å². The first kappa shape index (κ1) is 19.1. The van der Waals surface area contributed by atoms with Crippen molar-refractivity contribution >= 4 is 29.1 Å². The maximum absolute atomic E-state index is 11.4. The lowest BCUT2D eigenvalue weighted by molar-refractivity contribution is 0.0697. The van der Waals surface area contributed by atoms with Gasteiger partial charge in [-0.25, -0.2) is 4.79 Å². The Morgan fingerprint density at radius 2 is 1.00 bits per heavy atom. The number of carbonyl (C=O) groups is 1. The van der Waals surface area contributed by atoms with Gasteiger partial charge in [0, 0.05) is 0 Å². The van der Waals surface area contributed by atoms with Crippen LogP contribution in [-0.4, -0.2) is 11.1 Å². The maximum atomic E-state index is 11.4. The molecule has 4 aromatic rings. The van der Waals surface area contributed by atoms with E-state index in [1.165, 1.54) is 21.5 Å². The van der Waals surface area contributed by atoms with Crippen LogP contribution in [-0.2, 0) is 6.16 Å². The number of hydrogen-bond donors (Lipinski definition) is 1. The number of rotatable bonds is 6. The smallest absolute Gasteiger partial charge is 0.335 e. The van der Waals surface area contributed by atoms with Crippen LogP contribution in [0.1, 0.15) is 15.9 Å². The van der Waals surface area contributed by atoms with E-state index < -0.39 is 13.2 Å². The highest BCUT2D eigenvalue weighted by Crippen LogP contribution is 2.58. The first-order valence-electron chi connectivity index (χ1n) is 9.57. The Morgan fingerprint density at radius 3 is 1.45 bits per heavy atom. The van der Waals surface area contributed by atoms with Crippen LogP contribution in [0.5, 0.6) is 0 Å². The van der Waals surface area contributed by atoms with Crippen molar-refractivity contribution in [3.05, 3.63) is 126 Å². The lowest BCUT2D eigenvalue weighted by Crippen LogP contribution is -2.32. The highest BCUT2D eigenvalue weighted by molar-refractivity contribution is 7.95. The van der Waals surface area contributed by atoms with Crippen LogP contribution in [0, 0.1) is 0 Å². The predicted molar refractivity (Wildman–Crippen MR) is 122 cm³/mol.